The smallest absolute Gasteiger partial charge is 0.449 e. The molecular formula is C20H15F3N2O2. The number of imidazole rings is 1. The van der Waals surface area contributed by atoms with Crippen molar-refractivity contribution in [3.63, 3.8) is 0 Å². The maximum absolute atomic E-state index is 13.3. The third-order valence-corrected chi connectivity index (χ3v) is 4.91. The minimum Gasteiger partial charge on any atom is -0.493 e. The van der Waals surface area contributed by atoms with Crippen LogP contribution in [0.25, 0.3) is 22.5 Å². The standard InChI is InChI=1S/C20H15F3N2O2/c21-20(22,23)19-24-17(13-1-3-15-11(9-13)5-7-26-15)18(25-19)14-2-4-16-12(10-14)6-8-27-16/h1-4,9-10H,5-8H2,(H,24,25). The van der Waals surface area contributed by atoms with E-state index in [1.807, 2.05) is 12.1 Å². The Morgan fingerprint density at radius 2 is 1.44 bits per heavy atom. The normalized spacial score (nSPS) is 15.2. The molecule has 138 valence electrons. The molecule has 0 bridgehead atoms. The maximum Gasteiger partial charge on any atom is 0.449 e. The molecule has 0 spiro atoms. The van der Waals surface area contributed by atoms with Crippen molar-refractivity contribution in [3.05, 3.63) is 53.3 Å². The van der Waals surface area contributed by atoms with Gasteiger partial charge in [0.05, 0.1) is 24.6 Å². The fourth-order valence-electron chi connectivity index (χ4n) is 3.60. The number of benzene rings is 2. The van der Waals surface area contributed by atoms with Crippen LogP contribution in [0.15, 0.2) is 36.4 Å². The van der Waals surface area contributed by atoms with Crippen LogP contribution in [0.5, 0.6) is 11.5 Å². The molecule has 1 N–H and O–H groups in total. The van der Waals surface area contributed by atoms with Crippen molar-refractivity contribution in [2.24, 2.45) is 0 Å². The van der Waals surface area contributed by atoms with Gasteiger partial charge in [0.15, 0.2) is 0 Å². The Morgan fingerprint density at radius 3 is 2.07 bits per heavy atom. The highest BCUT2D eigenvalue weighted by molar-refractivity contribution is 5.80. The van der Waals surface area contributed by atoms with Crippen molar-refractivity contribution in [2.75, 3.05) is 13.2 Å². The van der Waals surface area contributed by atoms with Gasteiger partial charge in [0.25, 0.3) is 0 Å². The number of aromatic amines is 1. The summed E-state index contributed by atoms with van der Waals surface area (Å²) in [5, 5.41) is 0. The molecule has 0 radical (unpaired) electrons. The Morgan fingerprint density at radius 1 is 0.852 bits per heavy atom. The highest BCUT2D eigenvalue weighted by atomic mass is 19.4. The fourth-order valence-corrected chi connectivity index (χ4v) is 3.60. The number of ether oxygens (including phenoxy) is 2. The third-order valence-electron chi connectivity index (χ3n) is 4.91. The summed E-state index contributed by atoms with van der Waals surface area (Å²) in [4.78, 5) is 6.38. The maximum atomic E-state index is 13.3. The van der Waals surface area contributed by atoms with Gasteiger partial charge in [-0.3, -0.25) is 0 Å². The summed E-state index contributed by atoms with van der Waals surface area (Å²) in [6, 6.07) is 10.8. The molecule has 0 amide bonds. The van der Waals surface area contributed by atoms with E-state index >= 15 is 0 Å². The Hall–Kier alpha value is -2.96. The lowest BCUT2D eigenvalue weighted by molar-refractivity contribution is -0.144. The van der Waals surface area contributed by atoms with E-state index in [0.717, 1.165) is 35.5 Å². The van der Waals surface area contributed by atoms with Crippen LogP contribution in [-0.4, -0.2) is 23.2 Å². The molecular weight excluding hydrogens is 357 g/mol. The molecule has 4 nitrogen and oxygen atoms in total. The van der Waals surface area contributed by atoms with E-state index in [1.165, 1.54) is 0 Å². The van der Waals surface area contributed by atoms with Crippen LogP contribution in [0.2, 0.25) is 0 Å². The third kappa shape index (κ3) is 2.74. The van der Waals surface area contributed by atoms with Crippen LogP contribution in [0.1, 0.15) is 17.0 Å². The topological polar surface area (TPSA) is 47.1 Å². The Bertz CT molecular complexity index is 965. The average Bonchev–Trinajstić information content (AvgIpc) is 3.37. The zero-order valence-electron chi connectivity index (χ0n) is 14.2. The molecule has 3 aromatic rings. The predicted molar refractivity (Wildman–Crippen MR) is 92.9 cm³/mol. The number of fused-ring (bicyclic) bond motifs is 2. The lowest BCUT2D eigenvalue weighted by Gasteiger charge is -2.07. The van der Waals surface area contributed by atoms with Crippen molar-refractivity contribution in [1.29, 1.82) is 0 Å². The number of alkyl halides is 3. The van der Waals surface area contributed by atoms with Gasteiger partial charge in [-0.2, -0.15) is 13.2 Å². The van der Waals surface area contributed by atoms with Crippen LogP contribution < -0.4 is 9.47 Å². The Labute approximate surface area is 153 Å². The van der Waals surface area contributed by atoms with Crippen LogP contribution in [-0.2, 0) is 19.0 Å². The molecule has 0 aliphatic carbocycles. The van der Waals surface area contributed by atoms with E-state index < -0.39 is 12.0 Å². The van der Waals surface area contributed by atoms with Gasteiger partial charge >= 0.3 is 6.18 Å². The van der Waals surface area contributed by atoms with E-state index in [4.69, 9.17) is 9.47 Å². The minimum atomic E-state index is -4.55. The van der Waals surface area contributed by atoms with Gasteiger partial charge in [0.1, 0.15) is 11.5 Å². The molecule has 0 unspecified atom stereocenters. The molecule has 2 aliphatic heterocycles. The van der Waals surface area contributed by atoms with Gasteiger partial charge in [0, 0.05) is 24.0 Å². The molecule has 0 saturated carbocycles. The van der Waals surface area contributed by atoms with Crippen molar-refractivity contribution in [1.82, 2.24) is 9.97 Å². The number of halogens is 3. The van der Waals surface area contributed by atoms with Gasteiger partial charge in [-0.15, -0.1) is 0 Å². The van der Waals surface area contributed by atoms with Crippen molar-refractivity contribution >= 4 is 0 Å². The number of aromatic nitrogens is 2. The molecule has 27 heavy (non-hydrogen) atoms. The summed E-state index contributed by atoms with van der Waals surface area (Å²) >= 11 is 0. The number of nitrogens with one attached hydrogen (secondary N) is 1. The first kappa shape index (κ1) is 16.2. The molecule has 0 saturated heterocycles. The van der Waals surface area contributed by atoms with Crippen molar-refractivity contribution in [2.45, 2.75) is 19.0 Å². The first-order valence-electron chi connectivity index (χ1n) is 8.68. The monoisotopic (exact) mass is 372 g/mol. The zero-order valence-corrected chi connectivity index (χ0v) is 14.2. The number of hydrogen-bond donors (Lipinski definition) is 1. The molecule has 2 aliphatic rings. The Balaban J connectivity index is 1.67. The molecule has 5 rings (SSSR count). The highest BCUT2D eigenvalue weighted by Crippen LogP contribution is 2.39. The minimum absolute atomic E-state index is 0.288. The van der Waals surface area contributed by atoms with E-state index in [-0.39, 0.29) is 5.69 Å². The van der Waals surface area contributed by atoms with Crippen LogP contribution in [0.3, 0.4) is 0 Å². The van der Waals surface area contributed by atoms with Crippen LogP contribution >= 0.6 is 0 Å². The van der Waals surface area contributed by atoms with Gasteiger partial charge < -0.3 is 14.5 Å². The summed E-state index contributed by atoms with van der Waals surface area (Å²) in [5.74, 6) is 0.563. The second-order valence-corrected chi connectivity index (χ2v) is 6.65. The summed E-state index contributed by atoms with van der Waals surface area (Å²) in [6.45, 7) is 1.18. The molecule has 7 heteroatoms. The van der Waals surface area contributed by atoms with Gasteiger partial charge in [-0.1, -0.05) is 0 Å². The number of rotatable bonds is 2. The largest absolute Gasteiger partial charge is 0.493 e. The van der Waals surface area contributed by atoms with Crippen LogP contribution in [0.4, 0.5) is 13.2 Å². The molecule has 0 atom stereocenters. The second kappa shape index (κ2) is 5.77. The molecule has 0 fully saturated rings. The SMILES string of the molecule is FC(F)(F)c1nc(-c2ccc3c(c2)CCO3)c(-c2ccc3c(c2)CCO3)[nH]1. The summed E-state index contributed by atoms with van der Waals surface area (Å²) in [7, 11) is 0. The quantitative estimate of drug-likeness (QED) is 0.713. The van der Waals surface area contributed by atoms with E-state index in [1.54, 1.807) is 24.3 Å². The molecule has 2 aromatic carbocycles. The van der Waals surface area contributed by atoms with E-state index in [0.29, 0.717) is 30.0 Å². The second-order valence-electron chi connectivity index (χ2n) is 6.65. The molecule has 1 aromatic heterocycles. The fraction of sp³-hybridized carbons (Fsp3) is 0.250. The number of nitrogens with zero attached hydrogens (tertiary/aromatic N) is 1. The summed E-state index contributed by atoms with van der Waals surface area (Å²) in [6.07, 6.45) is -3.06. The summed E-state index contributed by atoms with van der Waals surface area (Å²) < 4.78 is 50.9. The van der Waals surface area contributed by atoms with Gasteiger partial charge in [0.2, 0.25) is 5.82 Å². The Kier molecular flexibility index (Phi) is 3.47. The van der Waals surface area contributed by atoms with E-state index in [9.17, 15) is 13.2 Å². The zero-order chi connectivity index (χ0) is 18.6. The highest BCUT2D eigenvalue weighted by Gasteiger charge is 2.36. The number of H-pyrrole nitrogens is 1. The summed E-state index contributed by atoms with van der Waals surface area (Å²) in [5.41, 5.74) is 3.92. The van der Waals surface area contributed by atoms with Gasteiger partial charge in [-0.25, -0.2) is 4.98 Å². The molecule has 3 heterocycles. The van der Waals surface area contributed by atoms with Crippen molar-refractivity contribution < 1.29 is 22.6 Å². The van der Waals surface area contributed by atoms with Crippen molar-refractivity contribution in [3.8, 4) is 34.0 Å². The lowest BCUT2D eigenvalue weighted by Crippen LogP contribution is -2.07. The van der Waals surface area contributed by atoms with Gasteiger partial charge in [-0.05, 0) is 47.5 Å². The first-order chi connectivity index (χ1) is 13.0. The lowest BCUT2D eigenvalue weighted by atomic mass is 10.0. The van der Waals surface area contributed by atoms with E-state index in [2.05, 4.69) is 9.97 Å². The first-order valence-corrected chi connectivity index (χ1v) is 8.68. The van der Waals surface area contributed by atoms with Crippen LogP contribution in [0, 0.1) is 0 Å². The predicted octanol–water partition coefficient (Wildman–Crippen LogP) is 4.63. The average molecular weight is 372 g/mol. The number of hydrogen-bond acceptors (Lipinski definition) is 3.